The summed E-state index contributed by atoms with van der Waals surface area (Å²) < 4.78 is 16.6. The number of aryl methyl sites for hydroxylation is 2. The molecule has 0 atom stereocenters. The van der Waals surface area contributed by atoms with E-state index in [0.29, 0.717) is 47.1 Å². The van der Waals surface area contributed by atoms with Crippen molar-refractivity contribution in [2.24, 2.45) is 7.05 Å². The number of thiophene rings is 1. The Kier molecular flexibility index (Phi) is 6.12. The molecule has 206 valence electrons. The number of pyridine rings is 1. The van der Waals surface area contributed by atoms with E-state index in [2.05, 4.69) is 15.5 Å². The predicted octanol–water partition coefficient (Wildman–Crippen LogP) is 5.17. The molecule has 4 heterocycles. The number of nitrogens with zero attached hydrogens (tertiary/aromatic N) is 3. The summed E-state index contributed by atoms with van der Waals surface area (Å²) in [6.45, 7) is 0.0334. The molecule has 40 heavy (non-hydrogen) atoms. The van der Waals surface area contributed by atoms with Crippen LogP contribution in [0.3, 0.4) is 0 Å². The van der Waals surface area contributed by atoms with Gasteiger partial charge in [0.1, 0.15) is 11.5 Å². The van der Waals surface area contributed by atoms with Gasteiger partial charge in [-0.15, -0.1) is 11.3 Å². The fourth-order valence-corrected chi connectivity index (χ4v) is 7.51. The van der Waals surface area contributed by atoms with Crippen LogP contribution >= 0.6 is 11.3 Å². The minimum atomic E-state index is -0.518. The number of halogens is 1. The minimum Gasteiger partial charge on any atom is -0.392 e. The van der Waals surface area contributed by atoms with Gasteiger partial charge in [0.05, 0.1) is 17.2 Å². The van der Waals surface area contributed by atoms with Gasteiger partial charge < -0.3 is 19.9 Å². The highest BCUT2D eigenvalue weighted by Gasteiger charge is 2.33. The quantitative estimate of drug-likeness (QED) is 0.302. The van der Waals surface area contributed by atoms with E-state index in [4.69, 9.17) is 0 Å². The van der Waals surface area contributed by atoms with E-state index in [1.165, 1.54) is 27.1 Å². The molecule has 3 aromatic heterocycles. The average molecular weight is 560 g/mol. The highest BCUT2D eigenvalue weighted by molar-refractivity contribution is 7.14. The number of aromatic amines is 1. The zero-order valence-electron chi connectivity index (χ0n) is 22.2. The zero-order valence-corrected chi connectivity index (χ0v) is 23.0. The van der Waals surface area contributed by atoms with E-state index in [1.807, 2.05) is 6.07 Å². The van der Waals surface area contributed by atoms with Crippen LogP contribution in [0, 0.1) is 5.82 Å². The Labute approximate surface area is 234 Å². The Balaban J connectivity index is 1.27. The van der Waals surface area contributed by atoms with Crippen molar-refractivity contribution in [1.29, 1.82) is 0 Å². The lowest BCUT2D eigenvalue weighted by Crippen LogP contribution is -2.37. The molecule has 1 amide bonds. The van der Waals surface area contributed by atoms with Gasteiger partial charge in [-0.25, -0.2) is 4.39 Å². The summed E-state index contributed by atoms with van der Waals surface area (Å²) in [6.07, 6.45) is 8.90. The monoisotopic (exact) mass is 559 g/mol. The van der Waals surface area contributed by atoms with Crippen molar-refractivity contribution in [1.82, 2.24) is 14.8 Å². The highest BCUT2D eigenvalue weighted by atomic mass is 32.1. The highest BCUT2D eigenvalue weighted by Crippen LogP contribution is 2.42. The van der Waals surface area contributed by atoms with Crippen molar-refractivity contribution < 1.29 is 14.3 Å². The van der Waals surface area contributed by atoms with E-state index >= 15 is 4.39 Å². The van der Waals surface area contributed by atoms with Crippen LogP contribution in [-0.2, 0) is 32.9 Å². The van der Waals surface area contributed by atoms with E-state index in [-0.39, 0.29) is 17.2 Å². The van der Waals surface area contributed by atoms with Crippen LogP contribution in [0.2, 0.25) is 0 Å². The molecule has 3 N–H and O–H groups in total. The summed E-state index contributed by atoms with van der Waals surface area (Å²) in [6, 6.07) is 6.23. The number of hydrogen-bond acceptors (Lipinski definition) is 6. The summed E-state index contributed by atoms with van der Waals surface area (Å²) in [5, 5.41) is 20.9. The predicted molar refractivity (Wildman–Crippen MR) is 153 cm³/mol. The average Bonchev–Trinajstić information content (AvgIpc) is 3.58. The fraction of sp³-hybridized carbons (Fsp3) is 0.367. The maximum Gasteiger partial charge on any atom is 0.274 e. The molecule has 1 aromatic carbocycles. The number of aromatic nitrogens is 3. The van der Waals surface area contributed by atoms with Crippen molar-refractivity contribution in [3.63, 3.8) is 0 Å². The molecule has 1 fully saturated rings. The van der Waals surface area contributed by atoms with Crippen molar-refractivity contribution in [3.8, 4) is 11.1 Å². The van der Waals surface area contributed by atoms with Gasteiger partial charge in [-0.05, 0) is 79.8 Å². The first-order valence-corrected chi connectivity index (χ1v) is 14.6. The number of H-pyrrole nitrogens is 1. The lowest BCUT2D eigenvalue weighted by Gasteiger charge is -2.30. The molecular formula is C30H30FN5O3S. The molecule has 2 aliphatic carbocycles. The molecule has 0 radical (unpaired) electrons. The van der Waals surface area contributed by atoms with Gasteiger partial charge in [0.25, 0.3) is 11.5 Å². The van der Waals surface area contributed by atoms with E-state index in [9.17, 15) is 14.7 Å². The van der Waals surface area contributed by atoms with Crippen molar-refractivity contribution >= 4 is 34.4 Å². The second kappa shape index (κ2) is 9.71. The van der Waals surface area contributed by atoms with Crippen LogP contribution < -0.4 is 15.8 Å². The maximum absolute atomic E-state index is 15.2. The normalized spacial score (nSPS) is 16.7. The van der Waals surface area contributed by atoms with Crippen LogP contribution in [0.5, 0.6) is 0 Å². The number of carbonyl (C=O) groups excluding carboxylic acids is 1. The lowest BCUT2D eigenvalue weighted by atomic mass is 9.91. The van der Waals surface area contributed by atoms with Crippen LogP contribution in [-0.4, -0.2) is 32.3 Å². The number of nitrogens with one attached hydrogen (secondary N) is 2. The Morgan fingerprint density at radius 3 is 2.75 bits per heavy atom. The van der Waals surface area contributed by atoms with Gasteiger partial charge in [-0.3, -0.25) is 14.7 Å². The third-order valence-corrected chi connectivity index (χ3v) is 9.64. The molecule has 10 heteroatoms. The van der Waals surface area contributed by atoms with Crippen molar-refractivity contribution in [2.75, 3.05) is 16.8 Å². The SMILES string of the molecule is Cn1cc(-c2cc(F)cc(N3CCc4c(sc5c4CCCC5)C3=O)c2CO)cc(Nc2cc(C3CC3)[nH]n2)c1=O. The number of aliphatic hydroxyl groups is 1. The number of fused-ring (bicyclic) bond motifs is 3. The number of amides is 1. The van der Waals surface area contributed by atoms with Gasteiger partial charge in [0, 0.05) is 53.5 Å². The molecule has 0 unspecified atom stereocenters. The second-order valence-corrected chi connectivity index (χ2v) is 12.1. The fourth-order valence-electron chi connectivity index (χ4n) is 6.12. The Hall–Kier alpha value is -3.76. The molecule has 4 aromatic rings. The molecule has 0 bridgehead atoms. The van der Waals surface area contributed by atoms with Crippen LogP contribution in [0.25, 0.3) is 11.1 Å². The van der Waals surface area contributed by atoms with Crippen LogP contribution in [0.4, 0.5) is 21.6 Å². The molecular weight excluding hydrogens is 529 g/mol. The number of hydrogen-bond donors (Lipinski definition) is 3. The molecule has 0 saturated heterocycles. The lowest BCUT2D eigenvalue weighted by molar-refractivity contribution is 0.0984. The molecule has 1 aliphatic heterocycles. The summed E-state index contributed by atoms with van der Waals surface area (Å²) in [5.74, 6) is 0.366. The molecule has 1 saturated carbocycles. The third-order valence-electron chi connectivity index (χ3n) is 8.32. The minimum absolute atomic E-state index is 0.139. The first-order valence-electron chi connectivity index (χ1n) is 13.8. The standard InChI is InChI=1S/C30H30FN5O3S/c1-35-14-17(10-24(29(35)38)32-27-13-23(33-34-27)16-6-7-16)21-11-18(31)12-25(22(21)15-37)36-9-8-20-19-4-2-3-5-26(19)40-28(20)30(36)39/h10-14,16,37H,2-9,15H2,1H3,(H2,32,33,34). The summed E-state index contributed by atoms with van der Waals surface area (Å²) in [5.41, 5.74) is 5.34. The Bertz CT molecular complexity index is 1720. The maximum atomic E-state index is 15.2. The molecule has 3 aliphatic rings. The van der Waals surface area contributed by atoms with E-state index < -0.39 is 12.4 Å². The number of carbonyl (C=O) groups is 1. The molecule has 7 rings (SSSR count). The second-order valence-electron chi connectivity index (χ2n) is 11.0. The van der Waals surface area contributed by atoms with Crippen LogP contribution in [0.15, 0.2) is 35.3 Å². The third kappa shape index (κ3) is 4.26. The Morgan fingerprint density at radius 2 is 1.95 bits per heavy atom. The summed E-state index contributed by atoms with van der Waals surface area (Å²) >= 11 is 1.57. The Morgan fingerprint density at radius 1 is 1.12 bits per heavy atom. The topological polar surface area (TPSA) is 103 Å². The van der Waals surface area contributed by atoms with Gasteiger partial charge in [-0.2, -0.15) is 5.10 Å². The van der Waals surface area contributed by atoms with Crippen LogP contribution in [0.1, 0.15) is 68.5 Å². The number of rotatable bonds is 6. The zero-order chi connectivity index (χ0) is 27.5. The first kappa shape index (κ1) is 25.2. The van der Waals surface area contributed by atoms with Crippen molar-refractivity contribution in [3.05, 3.63) is 78.8 Å². The van der Waals surface area contributed by atoms with Gasteiger partial charge in [0.2, 0.25) is 0 Å². The van der Waals surface area contributed by atoms with E-state index in [1.54, 1.807) is 35.5 Å². The summed E-state index contributed by atoms with van der Waals surface area (Å²) in [4.78, 5) is 30.4. The summed E-state index contributed by atoms with van der Waals surface area (Å²) in [7, 11) is 1.63. The molecule has 8 nitrogen and oxygen atoms in total. The van der Waals surface area contributed by atoms with Gasteiger partial charge in [0.15, 0.2) is 5.82 Å². The molecule has 0 spiro atoms. The number of benzene rings is 1. The van der Waals surface area contributed by atoms with Gasteiger partial charge in [-0.1, -0.05) is 0 Å². The first-order chi connectivity index (χ1) is 19.4. The smallest absolute Gasteiger partial charge is 0.274 e. The number of aliphatic hydroxyl groups excluding tert-OH is 1. The van der Waals surface area contributed by atoms with Crippen molar-refractivity contribution in [2.45, 2.75) is 57.5 Å². The van der Waals surface area contributed by atoms with Gasteiger partial charge >= 0.3 is 0 Å². The van der Waals surface area contributed by atoms with E-state index in [0.717, 1.165) is 54.7 Å². The number of anilines is 3. The largest absolute Gasteiger partial charge is 0.392 e.